The van der Waals surface area contributed by atoms with Crippen LogP contribution in [0.3, 0.4) is 0 Å². The van der Waals surface area contributed by atoms with Crippen LogP contribution in [0.25, 0.3) is 0 Å². The van der Waals surface area contributed by atoms with Gasteiger partial charge >= 0.3 is 12.0 Å². The van der Waals surface area contributed by atoms with Gasteiger partial charge in [-0.05, 0) is 24.3 Å². The summed E-state index contributed by atoms with van der Waals surface area (Å²) in [5, 5.41) is 10.9. The summed E-state index contributed by atoms with van der Waals surface area (Å²) in [6, 6.07) is 4.24. The van der Waals surface area contributed by atoms with Gasteiger partial charge < -0.3 is 14.9 Å². The summed E-state index contributed by atoms with van der Waals surface area (Å²) in [7, 11) is 1.67. The molecule has 0 aromatic carbocycles. The van der Waals surface area contributed by atoms with E-state index in [9.17, 15) is 9.59 Å². The first kappa shape index (κ1) is 14.8. The summed E-state index contributed by atoms with van der Waals surface area (Å²) in [5.41, 5.74) is 0. The molecule has 2 rings (SSSR count). The Kier molecular flexibility index (Phi) is 4.65. The Morgan fingerprint density at radius 2 is 2.20 bits per heavy atom. The molecule has 0 bridgehead atoms. The second kappa shape index (κ2) is 6.26. The van der Waals surface area contributed by atoms with Crippen LogP contribution in [-0.2, 0) is 11.3 Å². The molecule has 1 atom stereocenters. The molecule has 2 amide bonds. The van der Waals surface area contributed by atoms with Crippen molar-refractivity contribution in [3.8, 4) is 0 Å². The third-order valence-electron chi connectivity index (χ3n) is 3.44. The van der Waals surface area contributed by atoms with Crippen molar-refractivity contribution in [1.82, 2.24) is 9.80 Å². The number of carboxylic acid groups (broad SMARTS) is 1. The van der Waals surface area contributed by atoms with Crippen molar-refractivity contribution < 1.29 is 14.7 Å². The van der Waals surface area contributed by atoms with Crippen molar-refractivity contribution in [1.29, 1.82) is 0 Å². The maximum Gasteiger partial charge on any atom is 0.320 e. The van der Waals surface area contributed by atoms with E-state index in [0.29, 0.717) is 12.6 Å². The van der Waals surface area contributed by atoms with E-state index in [0.717, 1.165) is 17.7 Å². The summed E-state index contributed by atoms with van der Waals surface area (Å²) in [6.07, 6.45) is 2.08. The maximum atomic E-state index is 12.5. The van der Waals surface area contributed by atoms with Gasteiger partial charge in [-0.25, -0.2) is 4.79 Å². The predicted molar refractivity (Wildman–Crippen MR) is 77.7 cm³/mol. The largest absolute Gasteiger partial charge is 0.481 e. The van der Waals surface area contributed by atoms with Crippen LogP contribution in [0, 0.1) is 5.92 Å². The van der Waals surface area contributed by atoms with Gasteiger partial charge in [0.2, 0.25) is 0 Å². The van der Waals surface area contributed by atoms with Crippen LogP contribution in [-0.4, -0.2) is 46.5 Å². The van der Waals surface area contributed by atoms with Crippen molar-refractivity contribution >= 4 is 23.3 Å². The Hall–Kier alpha value is -1.56. The molecule has 1 aromatic rings. The van der Waals surface area contributed by atoms with Gasteiger partial charge in [0.15, 0.2) is 0 Å². The Morgan fingerprint density at radius 3 is 2.70 bits per heavy atom. The lowest BCUT2D eigenvalue weighted by atomic mass is 10.2. The lowest BCUT2D eigenvalue weighted by Crippen LogP contribution is -2.44. The molecule has 1 saturated carbocycles. The molecule has 1 N–H and O–H groups in total. The molecule has 1 fully saturated rings. The topological polar surface area (TPSA) is 60.9 Å². The molecule has 110 valence electrons. The molecule has 1 aliphatic rings. The third-order valence-corrected chi connectivity index (χ3v) is 4.30. The predicted octanol–water partition coefficient (Wildman–Crippen LogP) is 2.49. The Labute approximate surface area is 122 Å². The van der Waals surface area contributed by atoms with Gasteiger partial charge in [0, 0.05) is 24.5 Å². The van der Waals surface area contributed by atoms with Gasteiger partial charge in [0.1, 0.15) is 0 Å². The van der Waals surface area contributed by atoms with E-state index in [4.69, 9.17) is 5.11 Å². The number of carbonyl (C=O) groups excluding carboxylic acids is 1. The van der Waals surface area contributed by atoms with E-state index in [1.807, 2.05) is 22.4 Å². The molecule has 0 radical (unpaired) electrons. The van der Waals surface area contributed by atoms with E-state index in [1.54, 1.807) is 25.3 Å². The fourth-order valence-corrected chi connectivity index (χ4v) is 2.80. The molecule has 6 heteroatoms. The zero-order valence-electron chi connectivity index (χ0n) is 11.8. The van der Waals surface area contributed by atoms with Crippen LogP contribution in [0.4, 0.5) is 4.79 Å². The highest BCUT2D eigenvalue weighted by Crippen LogP contribution is 2.30. The quantitative estimate of drug-likeness (QED) is 0.877. The fourth-order valence-electron chi connectivity index (χ4n) is 2.10. The zero-order valence-corrected chi connectivity index (χ0v) is 12.6. The number of carboxylic acids is 1. The highest BCUT2D eigenvalue weighted by molar-refractivity contribution is 7.09. The van der Waals surface area contributed by atoms with Crippen molar-refractivity contribution in [2.45, 2.75) is 32.4 Å². The molecule has 5 nitrogen and oxygen atoms in total. The van der Waals surface area contributed by atoms with E-state index in [2.05, 4.69) is 0 Å². The van der Waals surface area contributed by atoms with Crippen molar-refractivity contribution in [3.05, 3.63) is 22.4 Å². The Balaban J connectivity index is 1.98. The summed E-state index contributed by atoms with van der Waals surface area (Å²) in [5.74, 6) is -1.42. The van der Waals surface area contributed by atoms with Crippen LogP contribution in [0.1, 0.15) is 24.6 Å². The summed E-state index contributed by atoms with van der Waals surface area (Å²) >= 11 is 1.64. The summed E-state index contributed by atoms with van der Waals surface area (Å²) in [6.45, 7) is 2.47. The van der Waals surface area contributed by atoms with E-state index >= 15 is 0 Å². The number of hydrogen-bond acceptors (Lipinski definition) is 3. The third kappa shape index (κ3) is 3.72. The average Bonchev–Trinajstić information content (AvgIpc) is 3.12. The number of nitrogens with zero attached hydrogens (tertiary/aromatic N) is 2. The molecule has 1 heterocycles. The molecule has 0 saturated heterocycles. The highest BCUT2D eigenvalue weighted by atomic mass is 32.1. The van der Waals surface area contributed by atoms with Gasteiger partial charge in [0.25, 0.3) is 0 Å². The second-order valence-electron chi connectivity index (χ2n) is 5.34. The van der Waals surface area contributed by atoms with Gasteiger partial charge in [-0.2, -0.15) is 0 Å². The highest BCUT2D eigenvalue weighted by Gasteiger charge is 2.34. The number of rotatable bonds is 6. The normalized spacial score (nSPS) is 15.7. The van der Waals surface area contributed by atoms with E-state index < -0.39 is 11.9 Å². The van der Waals surface area contributed by atoms with Crippen molar-refractivity contribution in [3.63, 3.8) is 0 Å². The van der Waals surface area contributed by atoms with Crippen LogP contribution >= 0.6 is 11.3 Å². The summed E-state index contributed by atoms with van der Waals surface area (Å²) in [4.78, 5) is 27.9. The van der Waals surface area contributed by atoms with Crippen LogP contribution < -0.4 is 0 Å². The lowest BCUT2D eigenvalue weighted by Gasteiger charge is -2.29. The standard InChI is InChI=1S/C14H20N2O3S/c1-10(13(17)18)8-15(2)14(19)16(11-5-6-11)9-12-4-3-7-20-12/h3-4,7,10-11H,5-6,8-9H2,1-2H3,(H,17,18). The molecular weight excluding hydrogens is 276 g/mol. The van der Waals surface area contributed by atoms with E-state index in [-0.39, 0.29) is 12.6 Å². The minimum atomic E-state index is -0.874. The first-order valence-corrected chi connectivity index (χ1v) is 7.64. The smallest absolute Gasteiger partial charge is 0.320 e. The SMILES string of the molecule is CC(CN(C)C(=O)N(Cc1cccs1)C1CC1)C(=O)O. The monoisotopic (exact) mass is 296 g/mol. The number of hydrogen-bond donors (Lipinski definition) is 1. The Morgan fingerprint density at radius 1 is 1.50 bits per heavy atom. The average molecular weight is 296 g/mol. The number of aliphatic carboxylic acids is 1. The number of carbonyl (C=O) groups is 2. The van der Waals surface area contributed by atoms with Gasteiger partial charge in [-0.1, -0.05) is 13.0 Å². The molecule has 0 aliphatic heterocycles. The molecule has 0 spiro atoms. The fraction of sp³-hybridized carbons (Fsp3) is 0.571. The van der Waals surface area contributed by atoms with Crippen LogP contribution in [0.2, 0.25) is 0 Å². The van der Waals surface area contributed by atoms with Crippen molar-refractivity contribution in [2.75, 3.05) is 13.6 Å². The van der Waals surface area contributed by atoms with Crippen LogP contribution in [0.15, 0.2) is 17.5 Å². The van der Waals surface area contributed by atoms with Crippen LogP contribution in [0.5, 0.6) is 0 Å². The van der Waals surface area contributed by atoms with Crippen molar-refractivity contribution in [2.24, 2.45) is 5.92 Å². The lowest BCUT2D eigenvalue weighted by molar-refractivity contribution is -0.141. The molecule has 1 aliphatic carbocycles. The Bertz CT molecular complexity index is 471. The van der Waals surface area contributed by atoms with Gasteiger partial charge in [0.05, 0.1) is 12.5 Å². The summed E-state index contributed by atoms with van der Waals surface area (Å²) < 4.78 is 0. The van der Waals surface area contributed by atoms with Gasteiger partial charge in [-0.3, -0.25) is 4.79 Å². The second-order valence-corrected chi connectivity index (χ2v) is 6.37. The number of urea groups is 1. The molecule has 1 aromatic heterocycles. The first-order chi connectivity index (χ1) is 9.49. The molecule has 20 heavy (non-hydrogen) atoms. The first-order valence-electron chi connectivity index (χ1n) is 6.76. The van der Waals surface area contributed by atoms with E-state index in [1.165, 1.54) is 4.90 Å². The number of thiophene rings is 1. The number of amides is 2. The molecular formula is C14H20N2O3S. The zero-order chi connectivity index (χ0) is 14.7. The molecule has 1 unspecified atom stereocenters. The maximum absolute atomic E-state index is 12.5. The minimum absolute atomic E-state index is 0.0750. The van der Waals surface area contributed by atoms with Gasteiger partial charge in [-0.15, -0.1) is 11.3 Å². The minimum Gasteiger partial charge on any atom is -0.481 e.